The van der Waals surface area contributed by atoms with Crippen LogP contribution in [0.1, 0.15) is 6.92 Å². The van der Waals surface area contributed by atoms with E-state index in [0.29, 0.717) is 0 Å². The van der Waals surface area contributed by atoms with Crippen LogP contribution in [-0.2, 0) is 0 Å². The van der Waals surface area contributed by atoms with Crippen LogP contribution in [0.15, 0.2) is 0 Å². The van der Waals surface area contributed by atoms with Crippen LogP contribution in [-0.4, -0.2) is 41.0 Å². The van der Waals surface area contributed by atoms with Crippen molar-refractivity contribution in [3.8, 4) is 0 Å². The van der Waals surface area contributed by atoms with Gasteiger partial charge in [0.2, 0.25) is 0 Å². The first kappa shape index (κ1) is 14.7. The van der Waals surface area contributed by atoms with Gasteiger partial charge in [0.25, 0.3) is 0 Å². The molecule has 2 heteroatoms. The standard InChI is InChI=1S/C9H24NSi.CH3/c1-9(8-11(5)6)7-10(2,3)4;/h9,11H,7-8H2,1-6H3;1H3/q+1;-1. The molecule has 1 unspecified atom stereocenters. The van der Waals surface area contributed by atoms with Crippen LogP contribution < -0.4 is 0 Å². The Morgan fingerprint density at radius 2 is 1.58 bits per heavy atom. The molecule has 0 amide bonds. The van der Waals surface area contributed by atoms with Gasteiger partial charge in [-0.3, -0.25) is 0 Å². The Labute approximate surface area is 81.0 Å². The van der Waals surface area contributed by atoms with E-state index in [2.05, 4.69) is 41.2 Å². The van der Waals surface area contributed by atoms with Crippen LogP contribution in [0.5, 0.6) is 0 Å². The molecule has 0 aliphatic rings. The molecule has 0 rings (SSSR count). The molecule has 0 spiro atoms. The first-order chi connectivity index (χ1) is 4.81. The number of rotatable bonds is 4. The summed E-state index contributed by atoms with van der Waals surface area (Å²) in [5, 5.41) is 0. The second-order valence-corrected chi connectivity index (χ2v) is 8.47. The highest BCUT2D eigenvalue weighted by Gasteiger charge is 2.14. The van der Waals surface area contributed by atoms with E-state index in [9.17, 15) is 0 Å². The summed E-state index contributed by atoms with van der Waals surface area (Å²) in [6, 6.07) is 1.50. The molecular weight excluding hydrogens is 162 g/mol. The lowest BCUT2D eigenvalue weighted by Crippen LogP contribution is -2.39. The number of quaternary nitrogens is 1. The van der Waals surface area contributed by atoms with Gasteiger partial charge in [-0.2, -0.15) is 0 Å². The van der Waals surface area contributed by atoms with E-state index >= 15 is 0 Å². The molecular formula is C10H27NSi. The molecule has 0 saturated heterocycles. The van der Waals surface area contributed by atoms with Crippen molar-refractivity contribution in [1.82, 2.24) is 0 Å². The average Bonchev–Trinajstić information content (AvgIpc) is 1.53. The summed E-state index contributed by atoms with van der Waals surface area (Å²) in [6.45, 7) is 8.58. The van der Waals surface area contributed by atoms with Crippen molar-refractivity contribution in [1.29, 1.82) is 0 Å². The summed E-state index contributed by atoms with van der Waals surface area (Å²) >= 11 is 0. The van der Waals surface area contributed by atoms with Gasteiger partial charge in [0.15, 0.2) is 0 Å². The molecule has 0 radical (unpaired) electrons. The van der Waals surface area contributed by atoms with Crippen molar-refractivity contribution in [3.63, 3.8) is 0 Å². The highest BCUT2D eigenvalue weighted by molar-refractivity contribution is 6.55. The highest BCUT2D eigenvalue weighted by atomic mass is 28.3. The molecule has 0 saturated carbocycles. The summed E-state index contributed by atoms with van der Waals surface area (Å²) in [5.41, 5.74) is 0. The highest BCUT2D eigenvalue weighted by Crippen LogP contribution is 2.10. The van der Waals surface area contributed by atoms with Gasteiger partial charge in [-0.05, 0) is 0 Å². The minimum Gasteiger partial charge on any atom is -0.358 e. The van der Waals surface area contributed by atoms with Gasteiger partial charge in [0.05, 0.1) is 27.7 Å². The molecule has 12 heavy (non-hydrogen) atoms. The Hall–Kier alpha value is 0.177. The maximum absolute atomic E-state index is 2.44. The second-order valence-electron chi connectivity index (χ2n) is 5.21. The van der Waals surface area contributed by atoms with E-state index in [1.165, 1.54) is 12.6 Å². The summed E-state index contributed by atoms with van der Waals surface area (Å²) < 4.78 is 1.11. The lowest BCUT2D eigenvalue weighted by molar-refractivity contribution is -0.873. The van der Waals surface area contributed by atoms with Crippen molar-refractivity contribution >= 4 is 8.80 Å². The Morgan fingerprint density at radius 1 is 1.17 bits per heavy atom. The molecule has 0 heterocycles. The first-order valence-corrected chi connectivity index (χ1v) is 7.74. The van der Waals surface area contributed by atoms with Crippen molar-refractivity contribution in [2.45, 2.75) is 26.1 Å². The van der Waals surface area contributed by atoms with Crippen LogP contribution in [0.3, 0.4) is 0 Å². The molecule has 1 nitrogen and oxygen atoms in total. The molecule has 0 aromatic carbocycles. The molecule has 0 aliphatic heterocycles. The van der Waals surface area contributed by atoms with E-state index in [1.54, 1.807) is 0 Å². The van der Waals surface area contributed by atoms with Crippen LogP contribution in [0.4, 0.5) is 0 Å². The Bertz CT molecular complexity index is 105. The third-order valence-corrected chi connectivity index (χ3v) is 3.48. The minimum atomic E-state index is -0.328. The molecule has 1 atom stereocenters. The largest absolute Gasteiger partial charge is 0.358 e. The van der Waals surface area contributed by atoms with Gasteiger partial charge in [-0.1, -0.05) is 26.1 Å². The molecule has 0 aliphatic carbocycles. The van der Waals surface area contributed by atoms with Gasteiger partial charge in [-0.15, -0.1) is 0 Å². The number of nitrogens with zero attached hydrogens (tertiary/aromatic N) is 1. The normalized spacial score (nSPS) is 14.2. The smallest absolute Gasteiger partial charge is 0.0803 e. The number of hydrogen-bond donors (Lipinski definition) is 0. The zero-order chi connectivity index (χ0) is 9.07. The molecule has 0 N–H and O–H groups in total. The number of hydrogen-bond acceptors (Lipinski definition) is 0. The van der Waals surface area contributed by atoms with Gasteiger partial charge < -0.3 is 11.9 Å². The van der Waals surface area contributed by atoms with E-state index in [0.717, 1.165) is 10.4 Å². The topological polar surface area (TPSA) is 0 Å². The SMILES string of the molecule is CC(C[SiH](C)C)C[N+](C)(C)C.[CH3-]. The quantitative estimate of drug-likeness (QED) is 0.361. The molecule has 0 aromatic heterocycles. The van der Waals surface area contributed by atoms with Crippen molar-refractivity contribution in [3.05, 3.63) is 7.43 Å². The Morgan fingerprint density at radius 3 is 1.83 bits per heavy atom. The minimum absolute atomic E-state index is 0. The van der Waals surface area contributed by atoms with Crippen LogP contribution >= 0.6 is 0 Å². The fourth-order valence-corrected chi connectivity index (χ4v) is 3.57. The fourth-order valence-electron chi connectivity index (χ4n) is 1.81. The van der Waals surface area contributed by atoms with E-state index in [-0.39, 0.29) is 16.2 Å². The van der Waals surface area contributed by atoms with E-state index in [4.69, 9.17) is 0 Å². The molecule has 0 fully saturated rings. The van der Waals surface area contributed by atoms with Gasteiger partial charge in [-0.25, -0.2) is 0 Å². The van der Waals surface area contributed by atoms with Gasteiger partial charge in [0, 0.05) is 14.7 Å². The van der Waals surface area contributed by atoms with Crippen LogP contribution in [0.25, 0.3) is 0 Å². The Kier molecular flexibility index (Phi) is 7.05. The van der Waals surface area contributed by atoms with Crippen molar-refractivity contribution in [2.75, 3.05) is 27.7 Å². The summed E-state index contributed by atoms with van der Waals surface area (Å²) in [4.78, 5) is 0. The summed E-state index contributed by atoms with van der Waals surface area (Å²) in [7, 11) is 6.50. The van der Waals surface area contributed by atoms with E-state index < -0.39 is 0 Å². The van der Waals surface area contributed by atoms with Crippen molar-refractivity contribution in [2.24, 2.45) is 5.92 Å². The molecule has 76 valence electrons. The predicted octanol–water partition coefficient (Wildman–Crippen LogP) is 2.27. The maximum atomic E-state index is 2.44. The van der Waals surface area contributed by atoms with Crippen molar-refractivity contribution < 1.29 is 4.48 Å². The first-order valence-electron chi connectivity index (χ1n) is 4.61. The molecule has 0 aromatic rings. The lowest BCUT2D eigenvalue weighted by Gasteiger charge is -2.28. The average molecular weight is 189 g/mol. The third-order valence-electron chi connectivity index (χ3n) is 1.73. The summed E-state index contributed by atoms with van der Waals surface area (Å²) in [6.07, 6.45) is 0. The zero-order valence-electron chi connectivity index (χ0n) is 10.0. The third kappa shape index (κ3) is 10.2. The van der Waals surface area contributed by atoms with E-state index in [1.807, 2.05) is 0 Å². The van der Waals surface area contributed by atoms with Crippen LogP contribution in [0.2, 0.25) is 19.1 Å². The predicted molar refractivity (Wildman–Crippen MR) is 62.2 cm³/mol. The van der Waals surface area contributed by atoms with Gasteiger partial charge >= 0.3 is 0 Å². The molecule has 0 bridgehead atoms. The fraction of sp³-hybridized carbons (Fsp3) is 0.900. The van der Waals surface area contributed by atoms with Gasteiger partial charge in [0.1, 0.15) is 0 Å². The summed E-state index contributed by atoms with van der Waals surface area (Å²) in [5.74, 6) is 0.918. The Balaban J connectivity index is 0. The monoisotopic (exact) mass is 189 g/mol. The zero-order valence-corrected chi connectivity index (χ0v) is 11.2. The maximum Gasteiger partial charge on any atom is 0.0803 e. The second kappa shape index (κ2) is 5.76. The lowest BCUT2D eigenvalue weighted by atomic mass is 10.2. The van der Waals surface area contributed by atoms with Crippen LogP contribution in [0, 0.1) is 13.3 Å².